The van der Waals surface area contributed by atoms with Gasteiger partial charge < -0.3 is 4.74 Å². The van der Waals surface area contributed by atoms with Crippen molar-refractivity contribution in [2.45, 2.75) is 43.9 Å². The van der Waals surface area contributed by atoms with Crippen molar-refractivity contribution in [2.75, 3.05) is 0 Å². The van der Waals surface area contributed by atoms with Crippen LogP contribution in [0.5, 0.6) is 5.75 Å². The first kappa shape index (κ1) is 15.4. The second kappa shape index (κ2) is 6.04. The molecular formula is C21H21FO2. The van der Waals surface area contributed by atoms with Gasteiger partial charge in [-0.05, 0) is 24.8 Å². The highest BCUT2D eigenvalue weighted by atomic mass is 19.1. The zero-order valence-corrected chi connectivity index (χ0v) is 13.6. The maximum Gasteiger partial charge on any atom is 0.255 e. The summed E-state index contributed by atoms with van der Waals surface area (Å²) in [6, 6.07) is 16.4. The van der Waals surface area contributed by atoms with Crippen LogP contribution in [-0.4, -0.2) is 12.1 Å². The van der Waals surface area contributed by atoms with Crippen LogP contribution >= 0.6 is 0 Å². The van der Waals surface area contributed by atoms with Crippen LogP contribution in [0, 0.1) is 5.92 Å². The lowest BCUT2D eigenvalue weighted by Crippen LogP contribution is -2.50. The summed E-state index contributed by atoms with van der Waals surface area (Å²) in [5.74, 6) is 0.352. The number of rotatable bonds is 3. The van der Waals surface area contributed by atoms with Gasteiger partial charge in [0, 0.05) is 11.1 Å². The first-order valence-corrected chi connectivity index (χ1v) is 8.74. The van der Waals surface area contributed by atoms with Crippen molar-refractivity contribution in [3.05, 3.63) is 65.7 Å². The van der Waals surface area contributed by atoms with Crippen molar-refractivity contribution in [1.82, 2.24) is 0 Å². The topological polar surface area (TPSA) is 26.3 Å². The molecule has 2 atom stereocenters. The molecule has 0 N–H and O–H groups in total. The Morgan fingerprint density at radius 1 is 0.958 bits per heavy atom. The third-order valence-electron chi connectivity index (χ3n) is 5.58. The number of Topliss-reactive ketones (excluding diaryl/α,β-unsaturated/α-hetero) is 1. The largest absolute Gasteiger partial charge is 0.459 e. The molecule has 2 aromatic carbocycles. The molecule has 1 heterocycles. The fourth-order valence-electron chi connectivity index (χ4n) is 4.44. The number of hydrogen-bond donors (Lipinski definition) is 0. The third kappa shape index (κ3) is 2.18. The molecule has 3 heteroatoms. The van der Waals surface area contributed by atoms with E-state index in [4.69, 9.17) is 4.74 Å². The summed E-state index contributed by atoms with van der Waals surface area (Å²) in [5, 5.41) is 0. The number of para-hydroxylation sites is 1. The van der Waals surface area contributed by atoms with Crippen molar-refractivity contribution in [1.29, 1.82) is 0 Å². The molecule has 4 rings (SSSR count). The molecule has 0 spiro atoms. The Morgan fingerprint density at radius 2 is 1.62 bits per heavy atom. The molecule has 1 aliphatic carbocycles. The van der Waals surface area contributed by atoms with Crippen LogP contribution in [0.1, 0.15) is 48.0 Å². The first-order valence-electron chi connectivity index (χ1n) is 8.74. The molecule has 2 nitrogen and oxygen atoms in total. The number of ketones is 1. The van der Waals surface area contributed by atoms with Gasteiger partial charge >= 0.3 is 0 Å². The second-order valence-electron chi connectivity index (χ2n) is 6.83. The average Bonchev–Trinajstić information content (AvgIpc) is 2.95. The van der Waals surface area contributed by atoms with Gasteiger partial charge in [-0.25, -0.2) is 4.39 Å². The minimum Gasteiger partial charge on any atom is -0.459 e. The number of carbonyl (C=O) groups is 1. The minimum absolute atomic E-state index is 0.0161. The number of hydrogen-bond acceptors (Lipinski definition) is 2. The summed E-state index contributed by atoms with van der Waals surface area (Å²) < 4.78 is 20.8. The Labute approximate surface area is 141 Å². The first-order chi connectivity index (χ1) is 11.7. The highest BCUT2D eigenvalue weighted by Gasteiger charge is 2.59. The molecule has 24 heavy (non-hydrogen) atoms. The fraction of sp³-hybridized carbons (Fsp3) is 0.381. The molecule has 2 aliphatic rings. The number of benzene rings is 2. The maximum absolute atomic E-state index is 15.3. The van der Waals surface area contributed by atoms with Gasteiger partial charge in [-0.1, -0.05) is 67.8 Å². The molecule has 0 unspecified atom stereocenters. The normalized spacial score (nSPS) is 26.6. The van der Waals surface area contributed by atoms with Gasteiger partial charge in [-0.2, -0.15) is 0 Å². The SMILES string of the molecule is O=C(c1ccccc1)[C@]1(C2CCCCC2)c2ccccc2O[C@H]1F. The molecule has 0 bridgehead atoms. The number of alkyl halides is 1. The van der Waals surface area contributed by atoms with E-state index in [1.165, 1.54) is 0 Å². The van der Waals surface area contributed by atoms with Crippen LogP contribution in [0.4, 0.5) is 4.39 Å². The average molecular weight is 324 g/mol. The molecule has 0 radical (unpaired) electrons. The van der Waals surface area contributed by atoms with E-state index in [1.54, 1.807) is 18.2 Å². The van der Waals surface area contributed by atoms with E-state index in [-0.39, 0.29) is 11.7 Å². The predicted octanol–water partition coefficient (Wildman–Crippen LogP) is 5.08. The fourth-order valence-corrected chi connectivity index (χ4v) is 4.44. The van der Waals surface area contributed by atoms with Crippen molar-refractivity contribution in [2.24, 2.45) is 5.92 Å². The summed E-state index contributed by atoms with van der Waals surface area (Å²) in [6.07, 6.45) is 3.37. The number of carbonyl (C=O) groups excluding carboxylic acids is 1. The Balaban J connectivity index is 1.89. The lowest BCUT2D eigenvalue weighted by atomic mass is 9.62. The van der Waals surface area contributed by atoms with Crippen molar-refractivity contribution in [3.8, 4) is 5.75 Å². The maximum atomic E-state index is 15.3. The molecule has 0 aromatic heterocycles. The van der Waals surface area contributed by atoms with E-state index < -0.39 is 11.8 Å². The number of fused-ring (bicyclic) bond motifs is 1. The van der Waals surface area contributed by atoms with Crippen LogP contribution in [0.3, 0.4) is 0 Å². The molecule has 0 amide bonds. The monoisotopic (exact) mass is 324 g/mol. The van der Waals surface area contributed by atoms with Gasteiger partial charge in [0.25, 0.3) is 6.36 Å². The molecular weight excluding hydrogens is 303 g/mol. The minimum atomic E-state index is -1.62. The van der Waals surface area contributed by atoms with Gasteiger partial charge in [-0.15, -0.1) is 0 Å². The molecule has 0 saturated heterocycles. The second-order valence-corrected chi connectivity index (χ2v) is 6.83. The van der Waals surface area contributed by atoms with E-state index in [1.807, 2.05) is 36.4 Å². The smallest absolute Gasteiger partial charge is 0.255 e. The van der Waals surface area contributed by atoms with Crippen LogP contribution in [0.15, 0.2) is 54.6 Å². The zero-order chi connectivity index (χ0) is 16.6. The van der Waals surface area contributed by atoms with Crippen molar-refractivity contribution >= 4 is 5.78 Å². The van der Waals surface area contributed by atoms with E-state index in [0.29, 0.717) is 11.3 Å². The van der Waals surface area contributed by atoms with Crippen molar-refractivity contribution in [3.63, 3.8) is 0 Å². The van der Waals surface area contributed by atoms with Crippen LogP contribution in [0.2, 0.25) is 0 Å². The van der Waals surface area contributed by atoms with Gasteiger partial charge in [0.15, 0.2) is 5.78 Å². The highest BCUT2D eigenvalue weighted by molar-refractivity contribution is 6.05. The van der Waals surface area contributed by atoms with Gasteiger partial charge in [0.1, 0.15) is 11.2 Å². The Hall–Kier alpha value is -2.16. The van der Waals surface area contributed by atoms with Crippen LogP contribution in [0.25, 0.3) is 0 Å². The van der Waals surface area contributed by atoms with E-state index in [2.05, 4.69) is 0 Å². The molecule has 1 fully saturated rings. The summed E-state index contributed by atoms with van der Waals surface area (Å²) >= 11 is 0. The number of ether oxygens (including phenoxy) is 1. The standard InChI is InChI=1S/C21H21FO2/c22-20-21(16-11-5-2-6-12-16,17-13-7-8-14-18(17)24-20)19(23)15-9-3-1-4-10-15/h1,3-4,7-10,13-14,16,20H,2,5-6,11-12H2/t20-,21+/m1/s1. The summed E-state index contributed by atoms with van der Waals surface area (Å²) in [5.41, 5.74) is 0.0718. The Kier molecular flexibility index (Phi) is 3.87. The summed E-state index contributed by atoms with van der Waals surface area (Å²) in [4.78, 5) is 13.5. The lowest BCUT2D eigenvalue weighted by molar-refractivity contribution is -0.00768. The van der Waals surface area contributed by atoms with Gasteiger partial charge in [-0.3, -0.25) is 4.79 Å². The molecule has 124 valence electrons. The van der Waals surface area contributed by atoms with E-state index in [9.17, 15) is 4.79 Å². The molecule has 1 aliphatic heterocycles. The number of halogens is 1. The summed E-state index contributed by atoms with van der Waals surface area (Å²) in [6.45, 7) is 0. The third-order valence-corrected chi connectivity index (χ3v) is 5.58. The summed E-state index contributed by atoms with van der Waals surface area (Å²) in [7, 11) is 0. The quantitative estimate of drug-likeness (QED) is 0.736. The highest BCUT2D eigenvalue weighted by Crippen LogP contribution is 2.53. The van der Waals surface area contributed by atoms with E-state index >= 15 is 4.39 Å². The van der Waals surface area contributed by atoms with Crippen LogP contribution in [-0.2, 0) is 5.41 Å². The zero-order valence-electron chi connectivity index (χ0n) is 13.6. The van der Waals surface area contributed by atoms with E-state index in [0.717, 1.165) is 37.7 Å². The van der Waals surface area contributed by atoms with Gasteiger partial charge in [0.05, 0.1) is 0 Å². The predicted molar refractivity (Wildman–Crippen MR) is 91.0 cm³/mol. The lowest BCUT2D eigenvalue weighted by Gasteiger charge is -2.39. The Morgan fingerprint density at radius 3 is 2.38 bits per heavy atom. The molecule has 2 aromatic rings. The van der Waals surface area contributed by atoms with Gasteiger partial charge in [0.2, 0.25) is 0 Å². The van der Waals surface area contributed by atoms with Crippen LogP contribution < -0.4 is 4.74 Å². The Bertz CT molecular complexity index is 737. The van der Waals surface area contributed by atoms with Crippen molar-refractivity contribution < 1.29 is 13.9 Å². The molecule has 1 saturated carbocycles.